The van der Waals surface area contributed by atoms with E-state index in [0.717, 1.165) is 16.0 Å². The molecule has 0 aliphatic carbocycles. The van der Waals surface area contributed by atoms with E-state index in [1.54, 1.807) is 30.6 Å². The van der Waals surface area contributed by atoms with Gasteiger partial charge in [0.2, 0.25) is 0 Å². The largest absolute Gasteiger partial charge is 0.392 e. The number of thioether (sulfide) groups is 1. The Hall–Kier alpha value is -3.07. The topological polar surface area (TPSA) is 82.9 Å². The van der Waals surface area contributed by atoms with E-state index in [1.807, 2.05) is 49.4 Å². The van der Waals surface area contributed by atoms with Crippen LogP contribution in [0, 0.1) is 18.3 Å². The summed E-state index contributed by atoms with van der Waals surface area (Å²) in [6.07, 6.45) is 2.48. The molecule has 0 spiro atoms. The Balaban J connectivity index is 1.94. The van der Waals surface area contributed by atoms with Crippen molar-refractivity contribution in [1.82, 2.24) is 4.98 Å². The Morgan fingerprint density at radius 3 is 2.52 bits per heavy atom. The number of hydrogen-bond donors (Lipinski definition) is 2. The first-order valence-corrected chi connectivity index (χ1v) is 9.23. The summed E-state index contributed by atoms with van der Waals surface area (Å²) >= 11 is 1.37. The van der Waals surface area contributed by atoms with E-state index >= 15 is 0 Å². The molecule has 3 aromatic rings. The minimum atomic E-state index is -0.793. The van der Waals surface area contributed by atoms with Crippen molar-refractivity contribution in [3.8, 4) is 6.07 Å². The maximum atomic E-state index is 10.6. The van der Waals surface area contributed by atoms with Gasteiger partial charge in [0, 0.05) is 17.3 Å². The highest BCUT2D eigenvalue weighted by atomic mass is 32.2. The van der Waals surface area contributed by atoms with Crippen LogP contribution in [0.15, 0.2) is 83.0 Å². The fourth-order valence-electron chi connectivity index (χ4n) is 2.70. The summed E-state index contributed by atoms with van der Waals surface area (Å²) in [6.45, 7) is 2.01. The number of nitriles is 1. The van der Waals surface area contributed by atoms with E-state index in [1.165, 1.54) is 11.8 Å². The Bertz CT molecular complexity index is 1010. The van der Waals surface area contributed by atoms with E-state index in [0.29, 0.717) is 21.7 Å². The standard InChI is InChI=1S/C22H19N3OS/c1-15-5-2-3-8-20(15)27-22(24)19(14-23)17-6-4-7-18(13-17)21(26)16-9-11-25-12-10-16/h2-13,21,26H,24H2,1H3/b22-19+. The molecule has 27 heavy (non-hydrogen) atoms. The quantitative estimate of drug-likeness (QED) is 0.511. The summed E-state index contributed by atoms with van der Waals surface area (Å²) in [7, 11) is 0. The summed E-state index contributed by atoms with van der Waals surface area (Å²) in [4.78, 5) is 4.98. The van der Waals surface area contributed by atoms with Gasteiger partial charge in [0.05, 0.1) is 10.6 Å². The predicted octanol–water partition coefficient (Wildman–Crippen LogP) is 4.41. The van der Waals surface area contributed by atoms with Gasteiger partial charge < -0.3 is 10.8 Å². The number of pyridine rings is 1. The minimum Gasteiger partial charge on any atom is -0.392 e. The molecular weight excluding hydrogens is 354 g/mol. The summed E-state index contributed by atoms with van der Waals surface area (Å²) in [5, 5.41) is 20.7. The van der Waals surface area contributed by atoms with Crippen molar-refractivity contribution in [3.05, 3.63) is 100 Å². The number of rotatable bonds is 5. The van der Waals surface area contributed by atoms with Crippen LogP contribution >= 0.6 is 11.8 Å². The van der Waals surface area contributed by atoms with Crippen LogP contribution in [0.5, 0.6) is 0 Å². The molecule has 0 radical (unpaired) electrons. The Labute approximate surface area is 163 Å². The molecule has 0 bridgehead atoms. The van der Waals surface area contributed by atoms with E-state index in [-0.39, 0.29) is 0 Å². The lowest BCUT2D eigenvalue weighted by atomic mass is 9.98. The van der Waals surface area contributed by atoms with Crippen LogP contribution in [0.25, 0.3) is 5.57 Å². The van der Waals surface area contributed by atoms with Crippen molar-refractivity contribution in [2.24, 2.45) is 5.73 Å². The van der Waals surface area contributed by atoms with Crippen LogP contribution in [0.4, 0.5) is 0 Å². The molecule has 134 valence electrons. The van der Waals surface area contributed by atoms with Crippen molar-refractivity contribution in [2.45, 2.75) is 17.9 Å². The first kappa shape index (κ1) is 18.7. The molecule has 5 heteroatoms. The maximum absolute atomic E-state index is 10.6. The second-order valence-electron chi connectivity index (χ2n) is 6.03. The maximum Gasteiger partial charge on any atom is 0.104 e. The highest BCUT2D eigenvalue weighted by Gasteiger charge is 2.14. The Morgan fingerprint density at radius 2 is 1.81 bits per heavy atom. The third-order valence-electron chi connectivity index (χ3n) is 4.18. The molecule has 4 nitrogen and oxygen atoms in total. The fraction of sp³-hybridized carbons (Fsp3) is 0.0909. The number of benzene rings is 2. The molecule has 0 saturated heterocycles. The third-order valence-corrected chi connectivity index (χ3v) is 5.29. The summed E-state index contributed by atoms with van der Waals surface area (Å²) in [5.74, 6) is 0. The molecule has 1 aromatic heterocycles. The molecular formula is C22H19N3OS. The van der Waals surface area contributed by atoms with Crippen molar-refractivity contribution in [3.63, 3.8) is 0 Å². The number of aromatic nitrogens is 1. The second-order valence-corrected chi connectivity index (χ2v) is 7.11. The van der Waals surface area contributed by atoms with E-state index < -0.39 is 6.10 Å². The zero-order valence-electron chi connectivity index (χ0n) is 14.8. The number of hydrogen-bond acceptors (Lipinski definition) is 5. The van der Waals surface area contributed by atoms with E-state index in [9.17, 15) is 10.4 Å². The zero-order chi connectivity index (χ0) is 19.2. The van der Waals surface area contributed by atoms with Gasteiger partial charge in [0.25, 0.3) is 0 Å². The highest BCUT2D eigenvalue weighted by Crippen LogP contribution is 2.32. The van der Waals surface area contributed by atoms with Gasteiger partial charge in [-0.3, -0.25) is 4.98 Å². The van der Waals surface area contributed by atoms with Gasteiger partial charge in [0.1, 0.15) is 12.2 Å². The van der Waals surface area contributed by atoms with Crippen LogP contribution in [-0.2, 0) is 0 Å². The van der Waals surface area contributed by atoms with Crippen LogP contribution in [0.1, 0.15) is 28.4 Å². The lowest BCUT2D eigenvalue weighted by Crippen LogP contribution is -2.02. The highest BCUT2D eigenvalue weighted by molar-refractivity contribution is 8.03. The predicted molar refractivity (Wildman–Crippen MR) is 108 cm³/mol. The summed E-state index contributed by atoms with van der Waals surface area (Å²) in [6, 6.07) is 20.9. The molecule has 0 saturated carbocycles. The smallest absolute Gasteiger partial charge is 0.104 e. The molecule has 2 aromatic carbocycles. The SMILES string of the molecule is Cc1ccccc1S/C(N)=C(\C#N)c1cccc(C(O)c2ccncc2)c1. The van der Waals surface area contributed by atoms with Crippen LogP contribution in [-0.4, -0.2) is 10.1 Å². The zero-order valence-corrected chi connectivity index (χ0v) is 15.6. The number of nitrogens with two attached hydrogens (primary N) is 1. The first-order valence-electron chi connectivity index (χ1n) is 8.42. The first-order chi connectivity index (χ1) is 13.1. The van der Waals surface area contributed by atoms with Crippen molar-refractivity contribution < 1.29 is 5.11 Å². The van der Waals surface area contributed by atoms with Crippen LogP contribution in [0.2, 0.25) is 0 Å². The number of allylic oxidation sites excluding steroid dienone is 1. The molecule has 1 unspecified atom stereocenters. The molecule has 3 N–H and O–H groups in total. The van der Waals surface area contributed by atoms with Crippen LogP contribution in [0.3, 0.4) is 0 Å². The van der Waals surface area contributed by atoms with Gasteiger partial charge in [-0.1, -0.05) is 48.2 Å². The van der Waals surface area contributed by atoms with Gasteiger partial charge in [-0.15, -0.1) is 0 Å². The third kappa shape index (κ3) is 4.37. The molecule has 0 aliphatic rings. The van der Waals surface area contributed by atoms with Crippen molar-refractivity contribution in [1.29, 1.82) is 5.26 Å². The molecule has 0 aliphatic heterocycles. The normalized spacial score (nSPS) is 12.8. The average molecular weight is 373 g/mol. The van der Waals surface area contributed by atoms with E-state index in [4.69, 9.17) is 5.73 Å². The Kier molecular flexibility index (Phi) is 5.92. The van der Waals surface area contributed by atoms with E-state index in [2.05, 4.69) is 11.1 Å². The van der Waals surface area contributed by atoms with Crippen LogP contribution < -0.4 is 5.73 Å². The number of nitrogens with zero attached hydrogens (tertiary/aromatic N) is 2. The summed E-state index contributed by atoms with van der Waals surface area (Å²) in [5.41, 5.74) is 9.86. The summed E-state index contributed by atoms with van der Waals surface area (Å²) < 4.78 is 0. The Morgan fingerprint density at radius 1 is 1.07 bits per heavy atom. The van der Waals surface area contributed by atoms with Gasteiger partial charge >= 0.3 is 0 Å². The lowest BCUT2D eigenvalue weighted by molar-refractivity contribution is 0.220. The molecule has 1 heterocycles. The molecule has 1 atom stereocenters. The molecule has 0 fully saturated rings. The van der Waals surface area contributed by atoms with Gasteiger partial charge in [-0.2, -0.15) is 5.26 Å². The minimum absolute atomic E-state index is 0.395. The average Bonchev–Trinajstić information content (AvgIpc) is 2.70. The van der Waals surface area contributed by atoms with Gasteiger partial charge in [-0.05, 0) is 53.4 Å². The monoisotopic (exact) mass is 373 g/mol. The van der Waals surface area contributed by atoms with Gasteiger partial charge in [-0.25, -0.2) is 0 Å². The molecule has 0 amide bonds. The van der Waals surface area contributed by atoms with Gasteiger partial charge in [0.15, 0.2) is 0 Å². The number of aryl methyl sites for hydroxylation is 1. The number of aliphatic hydroxyl groups is 1. The molecule has 3 rings (SSSR count). The van der Waals surface area contributed by atoms with Crippen molar-refractivity contribution >= 4 is 17.3 Å². The lowest BCUT2D eigenvalue weighted by Gasteiger charge is -2.13. The van der Waals surface area contributed by atoms with Crippen molar-refractivity contribution in [2.75, 3.05) is 0 Å². The number of aliphatic hydroxyl groups excluding tert-OH is 1. The fourth-order valence-corrected chi connectivity index (χ4v) is 3.58. The second kappa shape index (κ2) is 8.54.